The van der Waals surface area contributed by atoms with E-state index >= 15 is 0 Å². The van der Waals surface area contributed by atoms with Crippen molar-refractivity contribution >= 4 is 11.6 Å². The fourth-order valence-electron chi connectivity index (χ4n) is 2.95. The number of aliphatic hydroxyl groups is 1. The van der Waals surface area contributed by atoms with Gasteiger partial charge in [0, 0.05) is 11.3 Å². The molecule has 1 amide bonds. The number of carbonyl (C=O) groups is 1. The van der Waals surface area contributed by atoms with Gasteiger partial charge in [-0.15, -0.1) is 0 Å². The van der Waals surface area contributed by atoms with Crippen molar-refractivity contribution in [3.63, 3.8) is 0 Å². The van der Waals surface area contributed by atoms with Gasteiger partial charge in [-0.1, -0.05) is 30.0 Å². The van der Waals surface area contributed by atoms with Gasteiger partial charge in [0.05, 0.1) is 12.0 Å². The van der Waals surface area contributed by atoms with Crippen LogP contribution in [0.1, 0.15) is 32.3 Å². The lowest BCUT2D eigenvalue weighted by Crippen LogP contribution is -2.43. The molecule has 2 aromatic rings. The molecule has 1 fully saturated rings. The van der Waals surface area contributed by atoms with Crippen LogP contribution in [0.2, 0.25) is 0 Å². The monoisotopic (exact) mass is 349 g/mol. The van der Waals surface area contributed by atoms with Crippen molar-refractivity contribution in [2.24, 2.45) is 5.41 Å². The summed E-state index contributed by atoms with van der Waals surface area (Å²) in [6.07, 6.45) is 1.23. The number of anilines is 1. The van der Waals surface area contributed by atoms with Crippen LogP contribution in [0.15, 0.2) is 54.6 Å². The highest BCUT2D eigenvalue weighted by atomic mass is 16.5. The van der Waals surface area contributed by atoms with Crippen LogP contribution < -0.4 is 10.1 Å². The maximum Gasteiger partial charge on any atom is 0.234 e. The number of hydrogen-bond donors (Lipinski definition) is 2. The minimum Gasteiger partial charge on any atom is -0.494 e. The molecule has 3 rings (SSSR count). The molecule has 26 heavy (non-hydrogen) atoms. The molecule has 0 aromatic heterocycles. The van der Waals surface area contributed by atoms with Crippen LogP contribution >= 0.6 is 0 Å². The van der Waals surface area contributed by atoms with E-state index in [-0.39, 0.29) is 5.91 Å². The summed E-state index contributed by atoms with van der Waals surface area (Å²) in [5.74, 6) is 6.43. The number of ether oxygens (including phenoxy) is 1. The second-order valence-electron chi connectivity index (χ2n) is 6.68. The third kappa shape index (κ3) is 3.74. The minimum atomic E-state index is -1.39. The van der Waals surface area contributed by atoms with Crippen molar-refractivity contribution in [3.05, 3.63) is 60.2 Å². The van der Waals surface area contributed by atoms with E-state index in [1.807, 2.05) is 49.4 Å². The molecule has 0 bridgehead atoms. The standard InChI is InChI=1S/C22H23NO3/c1-3-26-19-11-9-18(10-12-19)23-20(24)22(15-16-22)21(2,25)14-13-17-7-5-4-6-8-17/h4-12,25H,3,15-16H2,1-2H3,(H,23,24). The fraction of sp³-hybridized carbons (Fsp3) is 0.318. The number of amides is 1. The molecule has 134 valence electrons. The Morgan fingerprint density at radius 2 is 1.85 bits per heavy atom. The molecule has 0 saturated heterocycles. The zero-order chi connectivity index (χ0) is 18.6. The summed E-state index contributed by atoms with van der Waals surface area (Å²) in [5.41, 5.74) is -0.766. The van der Waals surface area contributed by atoms with E-state index in [2.05, 4.69) is 17.2 Å². The van der Waals surface area contributed by atoms with Gasteiger partial charge in [0.2, 0.25) is 5.91 Å². The molecule has 1 saturated carbocycles. The molecule has 4 nitrogen and oxygen atoms in total. The van der Waals surface area contributed by atoms with Crippen molar-refractivity contribution in [3.8, 4) is 17.6 Å². The highest BCUT2D eigenvalue weighted by Crippen LogP contribution is 2.54. The molecule has 2 N–H and O–H groups in total. The summed E-state index contributed by atoms with van der Waals surface area (Å²) in [7, 11) is 0. The molecule has 1 aliphatic rings. The second-order valence-corrected chi connectivity index (χ2v) is 6.68. The lowest BCUT2D eigenvalue weighted by atomic mass is 9.85. The van der Waals surface area contributed by atoms with Crippen LogP contribution in [-0.2, 0) is 4.79 Å². The molecule has 4 heteroatoms. The van der Waals surface area contributed by atoms with Gasteiger partial charge in [0.25, 0.3) is 0 Å². The molecule has 2 aromatic carbocycles. The fourth-order valence-corrected chi connectivity index (χ4v) is 2.95. The van der Waals surface area contributed by atoms with Gasteiger partial charge in [-0.05, 0) is 63.1 Å². The topological polar surface area (TPSA) is 58.6 Å². The lowest BCUT2D eigenvalue weighted by Gasteiger charge is -2.27. The largest absolute Gasteiger partial charge is 0.494 e. The summed E-state index contributed by atoms with van der Waals surface area (Å²) in [6.45, 7) is 4.14. The number of benzene rings is 2. The molecule has 1 atom stereocenters. The van der Waals surface area contributed by atoms with Crippen LogP contribution in [-0.4, -0.2) is 23.2 Å². The SMILES string of the molecule is CCOc1ccc(NC(=O)C2(C(C)(O)C#Cc3ccccc3)CC2)cc1. The quantitative estimate of drug-likeness (QED) is 0.811. The maximum atomic E-state index is 12.8. The van der Waals surface area contributed by atoms with Crippen molar-refractivity contribution in [1.82, 2.24) is 0 Å². The Morgan fingerprint density at radius 3 is 2.42 bits per heavy atom. The summed E-state index contributed by atoms with van der Waals surface area (Å²) in [4.78, 5) is 12.8. The number of rotatable bonds is 5. The van der Waals surface area contributed by atoms with Crippen LogP contribution in [0.3, 0.4) is 0 Å². The third-order valence-corrected chi connectivity index (χ3v) is 4.76. The van der Waals surface area contributed by atoms with E-state index in [4.69, 9.17) is 4.74 Å². The van der Waals surface area contributed by atoms with Gasteiger partial charge < -0.3 is 15.2 Å². The van der Waals surface area contributed by atoms with Crippen molar-refractivity contribution in [1.29, 1.82) is 0 Å². The van der Waals surface area contributed by atoms with Gasteiger partial charge in [-0.3, -0.25) is 4.79 Å². The van der Waals surface area contributed by atoms with Crippen LogP contribution in [0, 0.1) is 17.3 Å². The average molecular weight is 349 g/mol. The Kier molecular flexibility index (Phi) is 5.01. The zero-order valence-corrected chi connectivity index (χ0v) is 15.1. The third-order valence-electron chi connectivity index (χ3n) is 4.76. The molecular formula is C22H23NO3. The molecule has 0 spiro atoms. The first-order valence-electron chi connectivity index (χ1n) is 8.82. The summed E-state index contributed by atoms with van der Waals surface area (Å²) >= 11 is 0. The van der Waals surface area contributed by atoms with Gasteiger partial charge >= 0.3 is 0 Å². The number of nitrogens with one attached hydrogen (secondary N) is 1. The Bertz CT molecular complexity index is 825. The zero-order valence-electron chi connectivity index (χ0n) is 15.1. The Labute approximate surface area is 154 Å². The van der Waals surface area contributed by atoms with E-state index in [1.165, 1.54) is 0 Å². The Hall–Kier alpha value is -2.77. The lowest BCUT2D eigenvalue weighted by molar-refractivity contribution is -0.127. The summed E-state index contributed by atoms with van der Waals surface area (Å²) in [5, 5.41) is 13.8. The normalized spacial score (nSPS) is 16.6. The summed E-state index contributed by atoms with van der Waals surface area (Å²) in [6, 6.07) is 16.7. The van der Waals surface area contributed by atoms with Gasteiger partial charge in [-0.25, -0.2) is 0 Å². The second kappa shape index (κ2) is 7.23. The first-order chi connectivity index (χ1) is 12.5. The number of carbonyl (C=O) groups excluding carboxylic acids is 1. The Balaban J connectivity index is 1.72. The minimum absolute atomic E-state index is 0.200. The average Bonchev–Trinajstić information content (AvgIpc) is 3.46. The van der Waals surface area contributed by atoms with Gasteiger partial charge in [-0.2, -0.15) is 0 Å². The molecular weight excluding hydrogens is 326 g/mol. The highest BCUT2D eigenvalue weighted by Gasteiger charge is 2.61. The highest BCUT2D eigenvalue weighted by molar-refractivity contribution is 5.98. The summed E-state index contributed by atoms with van der Waals surface area (Å²) < 4.78 is 5.40. The van der Waals surface area contributed by atoms with E-state index in [1.54, 1.807) is 19.1 Å². The predicted molar refractivity (Wildman–Crippen MR) is 102 cm³/mol. The van der Waals surface area contributed by atoms with E-state index in [0.29, 0.717) is 25.1 Å². The van der Waals surface area contributed by atoms with Crippen LogP contribution in [0.4, 0.5) is 5.69 Å². The van der Waals surface area contributed by atoms with E-state index in [9.17, 15) is 9.90 Å². The smallest absolute Gasteiger partial charge is 0.234 e. The molecule has 1 unspecified atom stereocenters. The van der Waals surface area contributed by atoms with Crippen LogP contribution in [0.25, 0.3) is 0 Å². The molecule has 0 radical (unpaired) electrons. The number of hydrogen-bond acceptors (Lipinski definition) is 3. The first kappa shape index (κ1) is 18.0. The van der Waals surface area contributed by atoms with Gasteiger partial charge in [0.15, 0.2) is 0 Å². The van der Waals surface area contributed by atoms with Crippen LogP contribution in [0.5, 0.6) is 5.75 Å². The molecule has 1 aliphatic carbocycles. The first-order valence-corrected chi connectivity index (χ1v) is 8.82. The van der Waals surface area contributed by atoms with Crippen molar-refractivity contribution in [2.75, 3.05) is 11.9 Å². The molecule has 0 heterocycles. The Morgan fingerprint density at radius 1 is 1.19 bits per heavy atom. The maximum absolute atomic E-state index is 12.8. The van der Waals surface area contributed by atoms with E-state index in [0.717, 1.165) is 11.3 Å². The van der Waals surface area contributed by atoms with Crippen molar-refractivity contribution in [2.45, 2.75) is 32.3 Å². The predicted octanol–water partition coefficient (Wildman–Crippen LogP) is 3.61. The molecule has 0 aliphatic heterocycles. The van der Waals surface area contributed by atoms with E-state index < -0.39 is 11.0 Å². The van der Waals surface area contributed by atoms with Gasteiger partial charge in [0.1, 0.15) is 11.4 Å². The van der Waals surface area contributed by atoms with Crippen molar-refractivity contribution < 1.29 is 14.6 Å².